The number of ether oxygens (including phenoxy) is 1. The van der Waals surface area contributed by atoms with E-state index >= 15 is 0 Å². The van der Waals surface area contributed by atoms with Crippen molar-refractivity contribution in [2.45, 2.75) is 32.1 Å². The average Bonchev–Trinajstić information content (AvgIpc) is 3.09. The smallest absolute Gasteiger partial charge is 0.220 e. The van der Waals surface area contributed by atoms with Crippen LogP contribution in [-0.4, -0.2) is 24.5 Å². The summed E-state index contributed by atoms with van der Waals surface area (Å²) in [7, 11) is 1.67. The maximum Gasteiger partial charge on any atom is 0.220 e. The molecule has 3 rings (SSSR count). The first-order valence-corrected chi connectivity index (χ1v) is 9.21. The predicted molar refractivity (Wildman–Crippen MR) is 106 cm³/mol. The first-order chi connectivity index (χ1) is 12.8. The van der Waals surface area contributed by atoms with Gasteiger partial charge in [-0.15, -0.1) is 0 Å². The number of aromatic amines is 1. The Morgan fingerprint density at radius 2 is 1.85 bits per heavy atom. The van der Waals surface area contributed by atoms with E-state index in [1.807, 2.05) is 18.2 Å². The van der Waals surface area contributed by atoms with Crippen LogP contribution < -0.4 is 10.1 Å². The van der Waals surface area contributed by atoms with Crippen molar-refractivity contribution in [3.05, 3.63) is 65.9 Å². The van der Waals surface area contributed by atoms with Crippen LogP contribution in [0.1, 0.15) is 30.4 Å². The Hall–Kier alpha value is -2.75. The molecule has 1 heterocycles. The number of hydrogen-bond donors (Lipinski definition) is 2. The summed E-state index contributed by atoms with van der Waals surface area (Å²) in [5.74, 6) is 1.01. The first kappa shape index (κ1) is 18.1. The van der Waals surface area contributed by atoms with Crippen LogP contribution >= 0.6 is 0 Å². The van der Waals surface area contributed by atoms with Gasteiger partial charge in [0.05, 0.1) is 7.11 Å². The van der Waals surface area contributed by atoms with Crippen LogP contribution in [0.25, 0.3) is 10.9 Å². The van der Waals surface area contributed by atoms with Crippen molar-refractivity contribution < 1.29 is 9.53 Å². The molecule has 0 aliphatic rings. The highest BCUT2D eigenvalue weighted by atomic mass is 16.5. The lowest BCUT2D eigenvalue weighted by molar-refractivity contribution is -0.121. The van der Waals surface area contributed by atoms with E-state index in [1.165, 1.54) is 16.5 Å². The molecule has 0 saturated heterocycles. The largest absolute Gasteiger partial charge is 0.497 e. The van der Waals surface area contributed by atoms with Gasteiger partial charge in [0.1, 0.15) is 5.75 Å². The summed E-state index contributed by atoms with van der Waals surface area (Å²) in [6, 6.07) is 16.4. The zero-order valence-corrected chi connectivity index (χ0v) is 15.3. The molecule has 0 bridgehead atoms. The monoisotopic (exact) mass is 350 g/mol. The zero-order chi connectivity index (χ0) is 18.2. The van der Waals surface area contributed by atoms with Gasteiger partial charge in [0, 0.05) is 30.1 Å². The number of amides is 1. The molecule has 0 spiro atoms. The second-order valence-electron chi connectivity index (χ2n) is 6.51. The summed E-state index contributed by atoms with van der Waals surface area (Å²) < 4.78 is 5.16. The van der Waals surface area contributed by atoms with E-state index in [4.69, 9.17) is 4.74 Å². The van der Waals surface area contributed by atoms with Gasteiger partial charge in [-0.3, -0.25) is 4.79 Å². The highest BCUT2D eigenvalue weighted by Gasteiger charge is 2.05. The molecular formula is C22H26N2O2. The van der Waals surface area contributed by atoms with Gasteiger partial charge < -0.3 is 15.0 Å². The van der Waals surface area contributed by atoms with Crippen LogP contribution in [0.15, 0.2) is 54.7 Å². The Balaban J connectivity index is 1.33. The molecule has 0 aliphatic heterocycles. The van der Waals surface area contributed by atoms with Crippen molar-refractivity contribution in [3.63, 3.8) is 0 Å². The van der Waals surface area contributed by atoms with Gasteiger partial charge in [-0.25, -0.2) is 0 Å². The minimum absolute atomic E-state index is 0.138. The average molecular weight is 350 g/mol. The lowest BCUT2D eigenvalue weighted by Crippen LogP contribution is -2.24. The van der Waals surface area contributed by atoms with Gasteiger partial charge in [-0.1, -0.05) is 30.3 Å². The molecule has 0 unspecified atom stereocenters. The molecule has 0 radical (unpaired) electrons. The van der Waals surface area contributed by atoms with Gasteiger partial charge in [0.15, 0.2) is 0 Å². The number of benzene rings is 2. The fraction of sp³-hybridized carbons (Fsp3) is 0.318. The molecule has 1 amide bonds. The Morgan fingerprint density at radius 3 is 2.65 bits per heavy atom. The van der Waals surface area contributed by atoms with E-state index in [0.717, 1.165) is 43.5 Å². The van der Waals surface area contributed by atoms with Crippen molar-refractivity contribution >= 4 is 16.8 Å². The third-order valence-electron chi connectivity index (χ3n) is 4.65. The van der Waals surface area contributed by atoms with Gasteiger partial charge in [0.25, 0.3) is 0 Å². The Bertz CT molecular complexity index is 837. The molecule has 4 nitrogen and oxygen atoms in total. The van der Waals surface area contributed by atoms with Crippen LogP contribution in [0.2, 0.25) is 0 Å². The third kappa shape index (κ3) is 4.88. The lowest BCUT2D eigenvalue weighted by atomic mass is 10.1. The van der Waals surface area contributed by atoms with Crippen molar-refractivity contribution in [2.75, 3.05) is 13.7 Å². The fourth-order valence-electron chi connectivity index (χ4n) is 3.18. The van der Waals surface area contributed by atoms with Gasteiger partial charge >= 0.3 is 0 Å². The molecule has 0 aliphatic carbocycles. The standard InChI is InChI=1S/C22H26N2O2/c1-26-19-13-11-17(12-14-19)6-5-15-23-22(25)10-4-7-18-16-24-21-9-3-2-8-20(18)21/h2-3,8-9,11-14,16,24H,4-7,10,15H2,1H3,(H,23,25). The number of H-pyrrole nitrogens is 1. The molecule has 0 atom stereocenters. The summed E-state index contributed by atoms with van der Waals surface area (Å²) in [6.45, 7) is 0.720. The number of carbonyl (C=O) groups is 1. The molecule has 1 aromatic heterocycles. The van der Waals surface area contributed by atoms with Crippen molar-refractivity contribution in [2.24, 2.45) is 0 Å². The third-order valence-corrected chi connectivity index (χ3v) is 4.65. The summed E-state index contributed by atoms with van der Waals surface area (Å²) in [5.41, 5.74) is 3.71. The highest BCUT2D eigenvalue weighted by Crippen LogP contribution is 2.19. The van der Waals surface area contributed by atoms with Crippen molar-refractivity contribution in [3.8, 4) is 5.75 Å². The van der Waals surface area contributed by atoms with Crippen LogP contribution in [0, 0.1) is 0 Å². The van der Waals surface area contributed by atoms with Crippen LogP contribution in [0.5, 0.6) is 5.75 Å². The number of methoxy groups -OCH3 is 1. The number of rotatable bonds is 9. The van der Waals surface area contributed by atoms with Crippen LogP contribution in [0.3, 0.4) is 0 Å². The maximum absolute atomic E-state index is 12.0. The summed E-state index contributed by atoms with van der Waals surface area (Å²) in [6.07, 6.45) is 6.31. The minimum Gasteiger partial charge on any atom is -0.497 e. The molecule has 2 N–H and O–H groups in total. The number of hydrogen-bond acceptors (Lipinski definition) is 2. The molecule has 0 fully saturated rings. The van der Waals surface area contributed by atoms with E-state index in [9.17, 15) is 4.79 Å². The van der Waals surface area contributed by atoms with Crippen molar-refractivity contribution in [1.29, 1.82) is 0 Å². The Kier molecular flexibility index (Phi) is 6.31. The Morgan fingerprint density at radius 1 is 1.04 bits per heavy atom. The molecule has 3 aromatic rings. The number of aromatic nitrogens is 1. The number of carbonyl (C=O) groups excluding carboxylic acids is 1. The maximum atomic E-state index is 12.0. The van der Waals surface area contributed by atoms with E-state index < -0.39 is 0 Å². The molecule has 26 heavy (non-hydrogen) atoms. The fourth-order valence-corrected chi connectivity index (χ4v) is 3.18. The summed E-state index contributed by atoms with van der Waals surface area (Å²) in [5, 5.41) is 4.28. The summed E-state index contributed by atoms with van der Waals surface area (Å²) >= 11 is 0. The predicted octanol–water partition coefficient (Wildman–Crippen LogP) is 4.25. The molecule has 2 aromatic carbocycles. The number of nitrogens with one attached hydrogen (secondary N) is 2. The van der Waals surface area contributed by atoms with Crippen molar-refractivity contribution in [1.82, 2.24) is 10.3 Å². The van der Waals surface area contributed by atoms with E-state index in [2.05, 4.69) is 46.8 Å². The quantitative estimate of drug-likeness (QED) is 0.567. The normalized spacial score (nSPS) is 10.8. The summed E-state index contributed by atoms with van der Waals surface area (Å²) in [4.78, 5) is 15.3. The number of para-hydroxylation sites is 1. The van der Waals surface area contributed by atoms with Crippen LogP contribution in [0.4, 0.5) is 0 Å². The van der Waals surface area contributed by atoms with E-state index in [1.54, 1.807) is 7.11 Å². The SMILES string of the molecule is COc1ccc(CCCNC(=O)CCCc2c[nH]c3ccccc23)cc1. The second kappa shape index (κ2) is 9.09. The topological polar surface area (TPSA) is 54.1 Å². The first-order valence-electron chi connectivity index (χ1n) is 9.21. The zero-order valence-electron chi connectivity index (χ0n) is 15.3. The van der Waals surface area contributed by atoms with Gasteiger partial charge in [0.2, 0.25) is 5.91 Å². The van der Waals surface area contributed by atoms with Crippen LogP contribution in [-0.2, 0) is 17.6 Å². The molecule has 4 heteroatoms. The number of aryl methyl sites for hydroxylation is 2. The number of fused-ring (bicyclic) bond motifs is 1. The van der Waals surface area contributed by atoms with Gasteiger partial charge in [-0.2, -0.15) is 0 Å². The molecule has 136 valence electrons. The second-order valence-corrected chi connectivity index (χ2v) is 6.51. The van der Waals surface area contributed by atoms with Gasteiger partial charge in [-0.05, 0) is 55.0 Å². The lowest BCUT2D eigenvalue weighted by Gasteiger charge is -2.06. The van der Waals surface area contributed by atoms with E-state index in [-0.39, 0.29) is 5.91 Å². The molecular weight excluding hydrogens is 324 g/mol. The minimum atomic E-state index is 0.138. The highest BCUT2D eigenvalue weighted by molar-refractivity contribution is 5.83. The van der Waals surface area contributed by atoms with E-state index in [0.29, 0.717) is 6.42 Å². The Labute approximate surface area is 154 Å². The molecule has 0 saturated carbocycles.